The molecule has 0 aliphatic heterocycles. The van der Waals surface area contributed by atoms with Crippen molar-refractivity contribution in [3.8, 4) is 0 Å². The molecule has 0 radical (unpaired) electrons. The second-order valence-electron chi connectivity index (χ2n) is 4.14. The molecular weight excluding hydrogens is 278 g/mol. The molecule has 0 aliphatic carbocycles. The van der Waals surface area contributed by atoms with Crippen LogP contribution in [0.25, 0.3) is 0 Å². The van der Waals surface area contributed by atoms with Crippen molar-refractivity contribution in [2.45, 2.75) is 26.7 Å². The topological polar surface area (TPSA) is 71.5 Å². The molecule has 0 bridgehead atoms. The number of carbonyl (C=O) groups excluding carboxylic acids is 2. The van der Waals surface area contributed by atoms with Gasteiger partial charge in [0, 0.05) is 31.4 Å². The summed E-state index contributed by atoms with van der Waals surface area (Å²) in [6, 6.07) is 0. The van der Waals surface area contributed by atoms with E-state index >= 15 is 0 Å². The lowest BCUT2D eigenvalue weighted by molar-refractivity contribution is -0.139. The normalized spacial score (nSPS) is 10.2. The first-order chi connectivity index (χ1) is 9.60. The highest BCUT2D eigenvalue weighted by Gasteiger charge is 2.10. The summed E-state index contributed by atoms with van der Waals surface area (Å²) in [6.45, 7) is 5.94. The Morgan fingerprint density at radius 3 is 2.70 bits per heavy atom. The number of hydrogen-bond donors (Lipinski definition) is 1. The monoisotopic (exact) mass is 299 g/mol. The fourth-order valence-electron chi connectivity index (χ4n) is 1.70. The van der Waals surface area contributed by atoms with Crippen LogP contribution in [0.1, 0.15) is 26.0 Å². The molecular formula is C13H21N3O3S. The van der Waals surface area contributed by atoms with E-state index in [-0.39, 0.29) is 18.3 Å². The van der Waals surface area contributed by atoms with Gasteiger partial charge in [0.25, 0.3) is 0 Å². The number of hydrogen-bond acceptors (Lipinski definition) is 6. The van der Waals surface area contributed by atoms with Crippen LogP contribution in [0.2, 0.25) is 0 Å². The largest absolute Gasteiger partial charge is 0.469 e. The van der Waals surface area contributed by atoms with Crippen molar-refractivity contribution >= 4 is 28.3 Å². The van der Waals surface area contributed by atoms with Crippen molar-refractivity contribution in [1.82, 2.24) is 9.88 Å². The predicted octanol–water partition coefficient (Wildman–Crippen LogP) is 1.53. The van der Waals surface area contributed by atoms with Crippen molar-refractivity contribution in [3.05, 3.63) is 11.1 Å². The summed E-state index contributed by atoms with van der Waals surface area (Å²) in [5, 5.41) is 5.63. The molecule has 0 aromatic carbocycles. The highest BCUT2D eigenvalue weighted by Crippen LogP contribution is 2.16. The number of amides is 1. The molecule has 6 nitrogen and oxygen atoms in total. The van der Waals surface area contributed by atoms with E-state index in [4.69, 9.17) is 0 Å². The first kappa shape index (κ1) is 16.4. The second-order valence-corrected chi connectivity index (χ2v) is 5.00. The number of esters is 1. The zero-order valence-corrected chi connectivity index (χ0v) is 13.0. The SMILES string of the molecule is CCN(CC)C(=O)CCNc1nc(CC(=O)OC)cs1. The fourth-order valence-corrected chi connectivity index (χ4v) is 2.44. The molecule has 1 rings (SSSR count). The number of methoxy groups -OCH3 is 1. The minimum Gasteiger partial charge on any atom is -0.469 e. The molecule has 0 saturated heterocycles. The zero-order valence-electron chi connectivity index (χ0n) is 12.1. The van der Waals surface area contributed by atoms with Crippen LogP contribution in [0, 0.1) is 0 Å². The number of ether oxygens (including phenoxy) is 1. The summed E-state index contributed by atoms with van der Waals surface area (Å²) in [4.78, 5) is 29.0. The van der Waals surface area contributed by atoms with E-state index in [1.54, 1.807) is 4.90 Å². The summed E-state index contributed by atoms with van der Waals surface area (Å²) in [6.07, 6.45) is 0.612. The van der Waals surface area contributed by atoms with Gasteiger partial charge in [0.05, 0.1) is 19.2 Å². The minimum atomic E-state index is -0.307. The molecule has 1 amide bonds. The summed E-state index contributed by atoms with van der Waals surface area (Å²) in [5.41, 5.74) is 0.680. The number of rotatable bonds is 8. The molecule has 1 heterocycles. The number of anilines is 1. The van der Waals surface area contributed by atoms with Gasteiger partial charge in [-0.2, -0.15) is 0 Å². The molecule has 0 saturated carbocycles. The summed E-state index contributed by atoms with van der Waals surface area (Å²) in [7, 11) is 1.35. The molecule has 1 aromatic rings. The van der Waals surface area contributed by atoms with Crippen molar-refractivity contribution in [2.24, 2.45) is 0 Å². The van der Waals surface area contributed by atoms with Crippen molar-refractivity contribution in [3.63, 3.8) is 0 Å². The Morgan fingerprint density at radius 2 is 2.10 bits per heavy atom. The lowest BCUT2D eigenvalue weighted by Crippen LogP contribution is -2.31. The van der Waals surface area contributed by atoms with Gasteiger partial charge in [0.15, 0.2) is 5.13 Å². The van der Waals surface area contributed by atoms with E-state index in [2.05, 4.69) is 15.0 Å². The average Bonchev–Trinajstić information content (AvgIpc) is 2.87. The maximum atomic E-state index is 11.8. The first-order valence-electron chi connectivity index (χ1n) is 6.63. The van der Waals surface area contributed by atoms with E-state index in [9.17, 15) is 9.59 Å². The van der Waals surface area contributed by atoms with Gasteiger partial charge in [-0.05, 0) is 13.8 Å². The Morgan fingerprint density at radius 1 is 1.40 bits per heavy atom. The van der Waals surface area contributed by atoms with Crippen LogP contribution in [0.5, 0.6) is 0 Å². The minimum absolute atomic E-state index is 0.133. The Kier molecular flexibility index (Phi) is 7.00. The third-order valence-corrected chi connectivity index (χ3v) is 3.68. The number of nitrogens with one attached hydrogen (secondary N) is 1. The molecule has 112 valence electrons. The van der Waals surface area contributed by atoms with Crippen LogP contribution in [0.3, 0.4) is 0 Å². The molecule has 0 spiro atoms. The molecule has 0 aliphatic rings. The Hall–Kier alpha value is -1.63. The maximum absolute atomic E-state index is 11.8. The van der Waals surface area contributed by atoms with Gasteiger partial charge in [0.1, 0.15) is 0 Å². The number of aromatic nitrogens is 1. The quantitative estimate of drug-likeness (QED) is 0.737. The average molecular weight is 299 g/mol. The van der Waals surface area contributed by atoms with Crippen molar-refractivity contribution in [1.29, 1.82) is 0 Å². The number of carbonyl (C=O) groups is 2. The molecule has 0 atom stereocenters. The third kappa shape index (κ3) is 5.16. The standard InChI is InChI=1S/C13H21N3O3S/c1-4-16(5-2)11(17)6-7-14-13-15-10(9-20-13)8-12(18)19-3/h9H,4-8H2,1-3H3,(H,14,15). The van der Waals surface area contributed by atoms with Crippen LogP contribution < -0.4 is 5.32 Å². The molecule has 7 heteroatoms. The van der Waals surface area contributed by atoms with E-state index in [0.717, 1.165) is 18.2 Å². The van der Waals surface area contributed by atoms with Gasteiger partial charge in [0.2, 0.25) is 5.91 Å². The van der Waals surface area contributed by atoms with E-state index < -0.39 is 0 Å². The lowest BCUT2D eigenvalue weighted by atomic mass is 10.3. The van der Waals surface area contributed by atoms with Gasteiger partial charge < -0.3 is 15.0 Å². The Labute approximate surface area is 123 Å². The number of nitrogens with zero attached hydrogens (tertiary/aromatic N) is 2. The molecule has 1 N–H and O–H groups in total. The molecule has 0 unspecified atom stereocenters. The summed E-state index contributed by atoms with van der Waals surface area (Å²) < 4.78 is 4.58. The third-order valence-electron chi connectivity index (χ3n) is 2.84. The number of thiazole rings is 1. The summed E-state index contributed by atoms with van der Waals surface area (Å²) in [5.74, 6) is -0.174. The van der Waals surface area contributed by atoms with Crippen LogP contribution >= 0.6 is 11.3 Å². The molecule has 20 heavy (non-hydrogen) atoms. The highest BCUT2D eigenvalue weighted by atomic mass is 32.1. The zero-order chi connectivity index (χ0) is 15.0. The van der Waals surface area contributed by atoms with Crippen molar-refractivity contribution < 1.29 is 14.3 Å². The van der Waals surface area contributed by atoms with E-state index in [1.807, 2.05) is 19.2 Å². The molecule has 1 aromatic heterocycles. The van der Waals surface area contributed by atoms with E-state index in [1.165, 1.54) is 18.4 Å². The Balaban J connectivity index is 2.35. The van der Waals surface area contributed by atoms with Gasteiger partial charge >= 0.3 is 5.97 Å². The lowest BCUT2D eigenvalue weighted by Gasteiger charge is -2.18. The maximum Gasteiger partial charge on any atom is 0.311 e. The Bertz CT molecular complexity index is 444. The van der Waals surface area contributed by atoms with Gasteiger partial charge in [-0.15, -0.1) is 11.3 Å². The van der Waals surface area contributed by atoms with Gasteiger partial charge in [-0.1, -0.05) is 0 Å². The summed E-state index contributed by atoms with van der Waals surface area (Å²) >= 11 is 1.42. The van der Waals surface area contributed by atoms with Gasteiger partial charge in [-0.25, -0.2) is 4.98 Å². The molecule has 0 fully saturated rings. The van der Waals surface area contributed by atoms with Crippen LogP contribution in [0.15, 0.2) is 5.38 Å². The smallest absolute Gasteiger partial charge is 0.311 e. The fraction of sp³-hybridized carbons (Fsp3) is 0.615. The van der Waals surface area contributed by atoms with Gasteiger partial charge in [-0.3, -0.25) is 9.59 Å². The van der Waals surface area contributed by atoms with Crippen LogP contribution in [0.4, 0.5) is 5.13 Å². The van der Waals surface area contributed by atoms with Crippen LogP contribution in [-0.2, 0) is 20.7 Å². The van der Waals surface area contributed by atoms with E-state index in [0.29, 0.717) is 18.7 Å². The predicted molar refractivity (Wildman–Crippen MR) is 78.9 cm³/mol. The van der Waals surface area contributed by atoms with Crippen molar-refractivity contribution in [2.75, 3.05) is 32.1 Å². The second kappa shape index (κ2) is 8.52. The first-order valence-corrected chi connectivity index (χ1v) is 7.51. The highest BCUT2D eigenvalue weighted by molar-refractivity contribution is 7.13. The van der Waals surface area contributed by atoms with Crippen LogP contribution in [-0.4, -0.2) is 48.5 Å².